The van der Waals surface area contributed by atoms with Gasteiger partial charge in [0.2, 0.25) is 0 Å². The van der Waals surface area contributed by atoms with Crippen LogP contribution < -0.4 is 5.32 Å². The number of rotatable bonds is 4. The number of aromatic nitrogens is 1. The normalized spacial score (nSPS) is 16.8. The van der Waals surface area contributed by atoms with Crippen LogP contribution in [0.3, 0.4) is 0 Å². The summed E-state index contributed by atoms with van der Waals surface area (Å²) in [6.07, 6.45) is 2.70. The van der Waals surface area contributed by atoms with Crippen molar-refractivity contribution in [2.75, 3.05) is 13.1 Å². The van der Waals surface area contributed by atoms with Gasteiger partial charge in [0.05, 0.1) is 28.4 Å². The zero-order chi connectivity index (χ0) is 16.9. The minimum atomic E-state index is -0.0282. The van der Waals surface area contributed by atoms with Crippen LogP contribution in [0.1, 0.15) is 40.7 Å². The van der Waals surface area contributed by atoms with E-state index in [1.165, 1.54) is 0 Å². The van der Waals surface area contributed by atoms with Gasteiger partial charge in [-0.1, -0.05) is 12.1 Å². The van der Waals surface area contributed by atoms with Crippen molar-refractivity contribution in [1.82, 2.24) is 15.2 Å². The van der Waals surface area contributed by atoms with Crippen molar-refractivity contribution in [3.8, 4) is 6.07 Å². The van der Waals surface area contributed by atoms with Gasteiger partial charge in [-0.2, -0.15) is 5.26 Å². The molecule has 124 valence electrons. The summed E-state index contributed by atoms with van der Waals surface area (Å²) in [5.74, 6) is 0. The lowest BCUT2D eigenvalue weighted by molar-refractivity contribution is 0.192. The molecule has 1 aromatic carbocycles. The summed E-state index contributed by atoms with van der Waals surface area (Å²) in [6, 6.07) is 9.70. The zero-order valence-corrected chi connectivity index (χ0v) is 14.5. The van der Waals surface area contributed by atoms with Gasteiger partial charge in [0.25, 0.3) is 0 Å². The van der Waals surface area contributed by atoms with Crippen LogP contribution in [0, 0.1) is 18.3 Å². The van der Waals surface area contributed by atoms with E-state index in [0.717, 1.165) is 42.1 Å². The lowest BCUT2D eigenvalue weighted by Crippen LogP contribution is -2.40. The van der Waals surface area contributed by atoms with Gasteiger partial charge in [0.15, 0.2) is 0 Å². The Morgan fingerprint density at radius 2 is 2.42 bits per heavy atom. The molecule has 0 unspecified atom stereocenters. The van der Waals surface area contributed by atoms with Gasteiger partial charge in [0.1, 0.15) is 0 Å². The molecule has 1 aliphatic rings. The maximum absolute atomic E-state index is 12.5. The number of aryl methyl sites for hydroxylation is 1. The largest absolute Gasteiger partial charge is 0.338 e. The fourth-order valence-electron chi connectivity index (χ4n) is 3.06. The molecule has 1 aliphatic heterocycles. The Labute approximate surface area is 145 Å². The average molecular weight is 340 g/mol. The molecule has 2 aromatic rings. The summed E-state index contributed by atoms with van der Waals surface area (Å²) in [4.78, 5) is 18.9. The number of nitrogens with one attached hydrogen (secondary N) is 1. The molecule has 5 nitrogen and oxygen atoms in total. The Kier molecular flexibility index (Phi) is 5.11. The number of thiazole rings is 1. The number of benzene rings is 1. The van der Waals surface area contributed by atoms with Crippen molar-refractivity contribution in [3.05, 3.63) is 51.5 Å². The highest BCUT2D eigenvalue weighted by Crippen LogP contribution is 2.32. The number of carbonyl (C=O) groups excluding carboxylic acids is 1. The highest BCUT2D eigenvalue weighted by Gasteiger charge is 2.31. The second-order valence-electron chi connectivity index (χ2n) is 5.94. The van der Waals surface area contributed by atoms with Crippen molar-refractivity contribution in [3.63, 3.8) is 0 Å². The monoisotopic (exact) mass is 340 g/mol. The first-order valence-corrected chi connectivity index (χ1v) is 9.01. The number of hydrogen-bond acceptors (Lipinski definition) is 4. The quantitative estimate of drug-likeness (QED) is 0.927. The van der Waals surface area contributed by atoms with Crippen LogP contribution in [-0.4, -0.2) is 29.0 Å². The lowest BCUT2D eigenvalue weighted by atomic mass is 10.1. The summed E-state index contributed by atoms with van der Waals surface area (Å²) in [5.41, 5.74) is 2.71. The van der Waals surface area contributed by atoms with Gasteiger partial charge in [-0.05, 0) is 43.9 Å². The third kappa shape index (κ3) is 3.74. The fraction of sp³-hybridized carbons (Fsp3) is 0.389. The van der Waals surface area contributed by atoms with Crippen LogP contribution in [0.25, 0.3) is 0 Å². The smallest absolute Gasteiger partial charge is 0.317 e. The SMILES string of the molecule is Cc1nc([C@@H]2CCCN2C(=O)NCCc2cccc(C#N)c2)cs1. The summed E-state index contributed by atoms with van der Waals surface area (Å²) in [7, 11) is 0. The molecular formula is C18H20N4OS. The van der Waals surface area contributed by atoms with Gasteiger partial charge < -0.3 is 10.2 Å². The maximum atomic E-state index is 12.5. The Morgan fingerprint density at radius 3 is 3.17 bits per heavy atom. The highest BCUT2D eigenvalue weighted by atomic mass is 32.1. The van der Waals surface area contributed by atoms with Crippen LogP contribution >= 0.6 is 11.3 Å². The Balaban J connectivity index is 1.55. The van der Waals surface area contributed by atoms with E-state index in [9.17, 15) is 4.79 Å². The van der Waals surface area contributed by atoms with Gasteiger partial charge in [-0.15, -0.1) is 11.3 Å². The number of carbonyl (C=O) groups is 1. The molecule has 1 atom stereocenters. The number of likely N-dealkylation sites (tertiary alicyclic amines) is 1. The van der Waals surface area contributed by atoms with Crippen molar-refractivity contribution < 1.29 is 4.79 Å². The van der Waals surface area contributed by atoms with E-state index in [0.29, 0.717) is 12.1 Å². The van der Waals surface area contributed by atoms with E-state index in [-0.39, 0.29) is 12.1 Å². The summed E-state index contributed by atoms with van der Waals surface area (Å²) < 4.78 is 0. The molecule has 1 N–H and O–H groups in total. The highest BCUT2D eigenvalue weighted by molar-refractivity contribution is 7.09. The molecule has 0 aliphatic carbocycles. The Bertz CT molecular complexity index is 764. The van der Waals surface area contributed by atoms with Crippen molar-refractivity contribution >= 4 is 17.4 Å². The maximum Gasteiger partial charge on any atom is 0.317 e. The second kappa shape index (κ2) is 7.45. The average Bonchev–Trinajstić information content (AvgIpc) is 3.23. The number of hydrogen-bond donors (Lipinski definition) is 1. The van der Waals surface area contributed by atoms with E-state index < -0.39 is 0 Å². The van der Waals surface area contributed by atoms with Gasteiger partial charge >= 0.3 is 6.03 Å². The predicted molar refractivity (Wildman–Crippen MR) is 93.8 cm³/mol. The van der Waals surface area contributed by atoms with Crippen LogP contribution in [0.15, 0.2) is 29.6 Å². The molecular weight excluding hydrogens is 320 g/mol. The molecule has 0 saturated carbocycles. The van der Waals surface area contributed by atoms with E-state index in [1.807, 2.05) is 30.0 Å². The summed E-state index contributed by atoms with van der Waals surface area (Å²) in [5, 5.41) is 15.0. The van der Waals surface area contributed by atoms with E-state index in [4.69, 9.17) is 5.26 Å². The molecule has 1 fully saturated rings. The topological polar surface area (TPSA) is 69.0 Å². The minimum absolute atomic E-state index is 0.0282. The minimum Gasteiger partial charge on any atom is -0.338 e. The molecule has 0 radical (unpaired) electrons. The van der Waals surface area contributed by atoms with Crippen LogP contribution in [0.5, 0.6) is 0 Å². The van der Waals surface area contributed by atoms with Gasteiger partial charge in [-0.25, -0.2) is 9.78 Å². The van der Waals surface area contributed by atoms with E-state index >= 15 is 0 Å². The predicted octanol–water partition coefficient (Wildman–Crippen LogP) is 3.41. The Hall–Kier alpha value is -2.39. The van der Waals surface area contributed by atoms with E-state index in [1.54, 1.807) is 17.4 Å². The first-order valence-electron chi connectivity index (χ1n) is 8.13. The first-order chi connectivity index (χ1) is 11.7. The van der Waals surface area contributed by atoms with E-state index in [2.05, 4.69) is 21.8 Å². The number of amides is 2. The second-order valence-corrected chi connectivity index (χ2v) is 7.00. The summed E-state index contributed by atoms with van der Waals surface area (Å²) >= 11 is 1.63. The lowest BCUT2D eigenvalue weighted by Gasteiger charge is -2.23. The van der Waals surface area contributed by atoms with Gasteiger partial charge in [-0.3, -0.25) is 0 Å². The van der Waals surface area contributed by atoms with Crippen LogP contribution in [0.2, 0.25) is 0 Å². The molecule has 3 rings (SSSR count). The molecule has 24 heavy (non-hydrogen) atoms. The zero-order valence-electron chi connectivity index (χ0n) is 13.7. The fourth-order valence-corrected chi connectivity index (χ4v) is 3.72. The van der Waals surface area contributed by atoms with Gasteiger partial charge in [0, 0.05) is 18.5 Å². The number of urea groups is 1. The number of nitrogens with zero attached hydrogens (tertiary/aromatic N) is 3. The molecule has 1 aromatic heterocycles. The third-order valence-electron chi connectivity index (χ3n) is 4.24. The van der Waals surface area contributed by atoms with Crippen molar-refractivity contribution in [2.45, 2.75) is 32.2 Å². The molecule has 2 amide bonds. The molecule has 0 spiro atoms. The van der Waals surface area contributed by atoms with Crippen molar-refractivity contribution in [1.29, 1.82) is 5.26 Å². The standard InChI is InChI=1S/C18H20N4OS/c1-13-21-16(12-24-13)17-6-3-9-22(17)18(23)20-8-7-14-4-2-5-15(10-14)11-19/h2,4-5,10,12,17H,3,6-9H2,1H3,(H,20,23)/t17-/m0/s1. The first kappa shape index (κ1) is 16.5. The summed E-state index contributed by atoms with van der Waals surface area (Å²) in [6.45, 7) is 3.33. The molecule has 0 bridgehead atoms. The molecule has 1 saturated heterocycles. The third-order valence-corrected chi connectivity index (χ3v) is 5.03. The molecule has 2 heterocycles. The molecule has 6 heteroatoms. The van der Waals surface area contributed by atoms with Crippen molar-refractivity contribution in [2.24, 2.45) is 0 Å². The van der Waals surface area contributed by atoms with Crippen LogP contribution in [-0.2, 0) is 6.42 Å². The Morgan fingerprint density at radius 1 is 1.54 bits per heavy atom. The number of nitriles is 1. The van der Waals surface area contributed by atoms with Crippen LogP contribution in [0.4, 0.5) is 4.79 Å².